The van der Waals surface area contributed by atoms with Crippen LogP contribution in [0.2, 0.25) is 0 Å². The topological polar surface area (TPSA) is 88.5 Å². The number of fused-ring (bicyclic) bond motifs is 1. The minimum atomic E-state index is -0.318. The molecule has 3 heterocycles. The minimum absolute atomic E-state index is 0.147. The van der Waals surface area contributed by atoms with Gasteiger partial charge in [-0.1, -0.05) is 11.6 Å². The van der Waals surface area contributed by atoms with Crippen molar-refractivity contribution in [2.45, 2.75) is 45.4 Å². The van der Waals surface area contributed by atoms with Crippen molar-refractivity contribution in [1.82, 2.24) is 14.0 Å². The lowest BCUT2D eigenvalue weighted by Gasteiger charge is -2.34. The summed E-state index contributed by atoms with van der Waals surface area (Å²) in [5, 5.41) is 3.43. The molecular formula is C18H30N6O2. The highest BCUT2D eigenvalue weighted by molar-refractivity contribution is 5.72. The first-order chi connectivity index (χ1) is 12.3. The van der Waals surface area contributed by atoms with E-state index in [4.69, 9.17) is 5.73 Å². The fourth-order valence-corrected chi connectivity index (χ4v) is 3.72. The molecule has 2 aliphatic rings. The zero-order valence-electron chi connectivity index (χ0n) is 16.2. The number of aromatic nitrogens is 2. The minimum Gasteiger partial charge on any atom is -0.337 e. The molecule has 0 bridgehead atoms. The largest absolute Gasteiger partial charge is 0.337 e. The maximum Gasteiger partial charge on any atom is 0.332 e. The number of likely N-dealkylation sites (tertiary alicyclic amines) is 1. The average molecular weight is 362 g/mol. The SMILES string of the molecule is CC(C)=CCN1c2c(n(C)c(=O)n(C)c2=O)NC1N1CCCC(N)CC1. The Bertz CT molecular complexity index is 820. The number of anilines is 2. The van der Waals surface area contributed by atoms with Crippen LogP contribution in [0.4, 0.5) is 11.5 Å². The van der Waals surface area contributed by atoms with Crippen molar-refractivity contribution in [3.63, 3.8) is 0 Å². The smallest absolute Gasteiger partial charge is 0.332 e. The average Bonchev–Trinajstić information content (AvgIpc) is 2.85. The Morgan fingerprint density at radius 2 is 1.92 bits per heavy atom. The molecule has 8 nitrogen and oxygen atoms in total. The van der Waals surface area contributed by atoms with Gasteiger partial charge in [-0.05, 0) is 33.1 Å². The molecular weight excluding hydrogens is 332 g/mol. The molecule has 0 amide bonds. The summed E-state index contributed by atoms with van der Waals surface area (Å²) in [6, 6.07) is 0.229. The molecule has 8 heteroatoms. The predicted octanol–water partition coefficient (Wildman–Crippen LogP) is 0.379. The molecule has 1 aromatic rings. The van der Waals surface area contributed by atoms with E-state index in [0.29, 0.717) is 18.1 Å². The second-order valence-corrected chi connectivity index (χ2v) is 7.58. The molecule has 2 aliphatic heterocycles. The first-order valence-corrected chi connectivity index (χ1v) is 9.27. The second-order valence-electron chi connectivity index (χ2n) is 7.58. The Kier molecular flexibility index (Phi) is 5.24. The Morgan fingerprint density at radius 3 is 2.62 bits per heavy atom. The number of rotatable bonds is 3. The molecule has 1 fully saturated rings. The van der Waals surface area contributed by atoms with Crippen LogP contribution in [0.15, 0.2) is 21.2 Å². The molecule has 0 aromatic carbocycles. The number of hydrogen-bond donors (Lipinski definition) is 2. The van der Waals surface area contributed by atoms with Crippen LogP contribution in [0, 0.1) is 0 Å². The van der Waals surface area contributed by atoms with Crippen LogP contribution < -0.4 is 27.2 Å². The van der Waals surface area contributed by atoms with Crippen LogP contribution in [0.5, 0.6) is 0 Å². The number of allylic oxidation sites excluding steroid dienone is 1. The van der Waals surface area contributed by atoms with E-state index in [1.165, 1.54) is 21.8 Å². The summed E-state index contributed by atoms with van der Waals surface area (Å²) in [5.41, 5.74) is 7.31. The third-order valence-electron chi connectivity index (χ3n) is 5.34. The van der Waals surface area contributed by atoms with Gasteiger partial charge in [0.25, 0.3) is 5.56 Å². The summed E-state index contributed by atoms with van der Waals surface area (Å²) < 4.78 is 2.70. The van der Waals surface area contributed by atoms with Gasteiger partial charge in [0.15, 0.2) is 6.29 Å². The van der Waals surface area contributed by atoms with Crippen molar-refractivity contribution in [1.29, 1.82) is 0 Å². The lowest BCUT2D eigenvalue weighted by atomic mass is 10.1. The molecule has 2 unspecified atom stereocenters. The van der Waals surface area contributed by atoms with Gasteiger partial charge in [-0.3, -0.25) is 18.8 Å². The monoisotopic (exact) mass is 362 g/mol. The zero-order valence-corrected chi connectivity index (χ0v) is 16.2. The molecule has 144 valence electrons. The molecule has 2 atom stereocenters. The summed E-state index contributed by atoms with van der Waals surface area (Å²) in [7, 11) is 3.23. The lowest BCUT2D eigenvalue weighted by molar-refractivity contribution is 0.223. The fourth-order valence-electron chi connectivity index (χ4n) is 3.72. The standard InChI is InChI=1S/C18H30N6O2/c1-12(2)7-11-24-14-15(21(3)18(26)22(4)16(14)25)20-17(24)23-9-5-6-13(19)8-10-23/h7,13,17,20H,5-6,8-11,19H2,1-4H3. The Labute approximate surface area is 153 Å². The highest BCUT2D eigenvalue weighted by Gasteiger charge is 2.37. The van der Waals surface area contributed by atoms with Crippen LogP contribution in [-0.2, 0) is 14.1 Å². The number of nitrogens with two attached hydrogens (primary N) is 1. The van der Waals surface area contributed by atoms with Gasteiger partial charge in [-0.15, -0.1) is 0 Å². The van der Waals surface area contributed by atoms with Crippen LogP contribution in [0.25, 0.3) is 0 Å². The van der Waals surface area contributed by atoms with Crippen molar-refractivity contribution >= 4 is 11.5 Å². The van der Waals surface area contributed by atoms with Gasteiger partial charge in [-0.25, -0.2) is 4.79 Å². The van der Waals surface area contributed by atoms with Crippen LogP contribution in [0.1, 0.15) is 33.1 Å². The van der Waals surface area contributed by atoms with Crippen molar-refractivity contribution in [3.05, 3.63) is 32.5 Å². The number of hydrogen-bond acceptors (Lipinski definition) is 6. The van der Waals surface area contributed by atoms with Gasteiger partial charge in [-0.2, -0.15) is 0 Å². The second kappa shape index (κ2) is 7.28. The summed E-state index contributed by atoms with van der Waals surface area (Å²) in [5.74, 6) is 0.596. The van der Waals surface area contributed by atoms with E-state index < -0.39 is 0 Å². The van der Waals surface area contributed by atoms with Crippen molar-refractivity contribution in [3.8, 4) is 0 Å². The summed E-state index contributed by atoms with van der Waals surface area (Å²) >= 11 is 0. The quantitative estimate of drug-likeness (QED) is 0.756. The number of nitrogens with one attached hydrogen (secondary N) is 1. The molecule has 0 aliphatic carbocycles. The van der Waals surface area contributed by atoms with E-state index in [1.54, 1.807) is 7.05 Å². The van der Waals surface area contributed by atoms with E-state index >= 15 is 0 Å². The van der Waals surface area contributed by atoms with Gasteiger partial charge in [0.1, 0.15) is 11.5 Å². The van der Waals surface area contributed by atoms with Crippen molar-refractivity contribution in [2.75, 3.05) is 29.9 Å². The molecule has 1 saturated heterocycles. The van der Waals surface area contributed by atoms with Crippen LogP contribution in [-0.4, -0.2) is 46.0 Å². The van der Waals surface area contributed by atoms with E-state index in [0.717, 1.165) is 32.4 Å². The maximum absolute atomic E-state index is 12.8. The zero-order chi connectivity index (χ0) is 19.0. The molecule has 0 radical (unpaired) electrons. The lowest BCUT2D eigenvalue weighted by Crippen LogP contribution is -2.51. The van der Waals surface area contributed by atoms with Gasteiger partial charge in [0.2, 0.25) is 0 Å². The molecule has 0 saturated carbocycles. The first kappa shape index (κ1) is 18.7. The van der Waals surface area contributed by atoms with Crippen LogP contribution >= 0.6 is 0 Å². The Balaban J connectivity index is 2.04. The van der Waals surface area contributed by atoms with E-state index in [9.17, 15) is 9.59 Å². The van der Waals surface area contributed by atoms with Crippen molar-refractivity contribution < 1.29 is 0 Å². The third kappa shape index (κ3) is 3.31. The predicted molar refractivity (Wildman–Crippen MR) is 105 cm³/mol. The molecule has 0 spiro atoms. The summed E-state index contributed by atoms with van der Waals surface area (Å²) in [6.45, 7) is 6.49. The van der Waals surface area contributed by atoms with Gasteiger partial charge < -0.3 is 16.0 Å². The summed E-state index contributed by atoms with van der Waals surface area (Å²) in [4.78, 5) is 29.6. The fraction of sp³-hybridized carbons (Fsp3) is 0.667. The third-order valence-corrected chi connectivity index (χ3v) is 5.34. The number of nitrogens with zero attached hydrogens (tertiary/aromatic N) is 4. The van der Waals surface area contributed by atoms with Crippen molar-refractivity contribution in [2.24, 2.45) is 19.8 Å². The molecule has 3 rings (SSSR count). The highest BCUT2D eigenvalue weighted by atomic mass is 16.2. The van der Waals surface area contributed by atoms with Crippen LogP contribution in [0.3, 0.4) is 0 Å². The normalized spacial score (nSPS) is 23.3. The van der Waals surface area contributed by atoms with E-state index in [1.807, 2.05) is 13.8 Å². The molecule has 26 heavy (non-hydrogen) atoms. The van der Waals surface area contributed by atoms with E-state index in [-0.39, 0.29) is 23.6 Å². The van der Waals surface area contributed by atoms with Gasteiger partial charge >= 0.3 is 5.69 Å². The van der Waals surface area contributed by atoms with Gasteiger partial charge in [0, 0.05) is 39.8 Å². The Hall–Kier alpha value is -2.06. The van der Waals surface area contributed by atoms with E-state index in [2.05, 4.69) is 21.2 Å². The molecule has 3 N–H and O–H groups in total. The van der Waals surface area contributed by atoms with Gasteiger partial charge in [0.05, 0.1) is 0 Å². The molecule has 1 aromatic heterocycles. The first-order valence-electron chi connectivity index (χ1n) is 9.27. The highest BCUT2D eigenvalue weighted by Crippen LogP contribution is 2.32. The summed E-state index contributed by atoms with van der Waals surface area (Å²) in [6.07, 6.45) is 4.94. The maximum atomic E-state index is 12.8. The Morgan fingerprint density at radius 1 is 1.19 bits per heavy atom.